The van der Waals surface area contributed by atoms with E-state index in [4.69, 9.17) is 24.2 Å². The number of amides is 2. The van der Waals surface area contributed by atoms with Crippen molar-refractivity contribution in [2.75, 3.05) is 57.2 Å². The van der Waals surface area contributed by atoms with E-state index in [1.165, 1.54) is 0 Å². The number of anilines is 2. The molecule has 0 radical (unpaired) electrons. The average Bonchev–Trinajstić information content (AvgIpc) is 4.20. The third-order valence-corrected chi connectivity index (χ3v) is 11.4. The molecule has 9 rings (SSSR count). The number of aromatic amines is 2. The Morgan fingerprint density at radius 2 is 1.26 bits per heavy atom. The first-order valence-electron chi connectivity index (χ1n) is 22.1. The zero-order valence-electron chi connectivity index (χ0n) is 37.7. The number of aryl methyl sites for hydroxylation is 4. The molecule has 20 nitrogen and oxygen atoms in total. The van der Waals surface area contributed by atoms with Crippen molar-refractivity contribution in [3.8, 4) is 34.3 Å². The van der Waals surface area contributed by atoms with Crippen LogP contribution < -0.4 is 20.1 Å². The standard InChI is InChI=1S/C46H53N15O5/c1-6-60-35(23-29(3)55-60)43(62)53-45-51-33-25-31(41-47-11-12-48-41)27-37(64-5)39(33)58(45)16-8-9-17-59-40-34(52-46(59)54-44(63)36-24-30(4)56-61(36)7-2)26-32(42-49-13-14-50-42)28-38(40)66-20-10-15-57-18-21-65-22-19-57/h8-9,11-14,23-28H,6-7,10,15-22H2,1-5H3,(H,47,48)(H,49,50)(H,51,53,62)(H,52,54,63)/b9-8+. The molecule has 1 aliphatic rings. The highest BCUT2D eigenvalue weighted by Crippen LogP contribution is 2.36. The SMILES string of the molecule is CCn1nc(C)cc1C(=O)Nc1nc2cc(-c3ncc[nH]3)cc(OC)c2n1C/C=C/Cn1c(NC(=O)c2cc(C)nn2CC)nc2cc(-c3ncc[nH]3)cc(OCCCN3CCOCC3)c21. The molecule has 0 unspecified atom stereocenters. The van der Waals surface area contributed by atoms with Crippen molar-refractivity contribution in [2.45, 2.75) is 60.3 Å². The molecule has 1 saturated heterocycles. The van der Waals surface area contributed by atoms with Crippen molar-refractivity contribution in [3.05, 3.63) is 96.1 Å². The first-order chi connectivity index (χ1) is 32.2. The molecule has 2 amide bonds. The van der Waals surface area contributed by atoms with E-state index in [2.05, 4.69) is 45.7 Å². The van der Waals surface area contributed by atoms with Gasteiger partial charge in [-0.05, 0) is 70.5 Å². The number of hydrogen-bond acceptors (Lipinski definition) is 12. The van der Waals surface area contributed by atoms with Crippen LogP contribution >= 0.6 is 0 Å². The Kier molecular flexibility index (Phi) is 12.7. The second kappa shape index (κ2) is 19.3. The number of rotatable bonds is 18. The van der Waals surface area contributed by atoms with Gasteiger partial charge in [-0.25, -0.2) is 19.9 Å². The van der Waals surface area contributed by atoms with Crippen LogP contribution in [-0.4, -0.2) is 122 Å². The van der Waals surface area contributed by atoms with Crippen LogP contribution in [0, 0.1) is 13.8 Å². The molecule has 6 aromatic heterocycles. The van der Waals surface area contributed by atoms with Crippen LogP contribution in [0.5, 0.6) is 11.5 Å². The van der Waals surface area contributed by atoms with Crippen molar-refractivity contribution in [2.24, 2.45) is 0 Å². The fraction of sp³-hybridized carbons (Fsp3) is 0.348. The Hall–Kier alpha value is -7.58. The van der Waals surface area contributed by atoms with Crippen molar-refractivity contribution >= 4 is 45.8 Å². The number of methoxy groups -OCH3 is 1. The molecule has 66 heavy (non-hydrogen) atoms. The summed E-state index contributed by atoms with van der Waals surface area (Å²) < 4.78 is 25.3. The molecule has 2 aromatic carbocycles. The second-order valence-electron chi connectivity index (χ2n) is 15.9. The summed E-state index contributed by atoms with van der Waals surface area (Å²) in [4.78, 5) is 55.5. The lowest BCUT2D eigenvalue weighted by Crippen LogP contribution is -2.37. The van der Waals surface area contributed by atoms with E-state index in [1.54, 1.807) is 53.4 Å². The molecule has 7 heterocycles. The summed E-state index contributed by atoms with van der Waals surface area (Å²) >= 11 is 0. The molecule has 1 fully saturated rings. The number of nitrogens with zero attached hydrogens (tertiary/aromatic N) is 11. The van der Waals surface area contributed by atoms with Crippen molar-refractivity contribution in [1.29, 1.82) is 0 Å². The maximum Gasteiger partial charge on any atom is 0.276 e. The number of H-pyrrole nitrogens is 2. The van der Waals surface area contributed by atoms with Gasteiger partial charge in [0, 0.05) is 81.7 Å². The number of hydrogen-bond donors (Lipinski definition) is 4. The summed E-state index contributed by atoms with van der Waals surface area (Å²) in [6.07, 6.45) is 11.7. The van der Waals surface area contributed by atoms with Gasteiger partial charge in [0.05, 0.1) is 49.4 Å². The van der Waals surface area contributed by atoms with Gasteiger partial charge in [0.1, 0.15) is 45.6 Å². The van der Waals surface area contributed by atoms with E-state index in [9.17, 15) is 9.59 Å². The van der Waals surface area contributed by atoms with Crippen molar-refractivity contribution in [1.82, 2.24) is 63.5 Å². The van der Waals surface area contributed by atoms with Crippen LogP contribution in [-0.2, 0) is 30.9 Å². The Balaban J connectivity index is 1.08. The third-order valence-electron chi connectivity index (χ3n) is 11.4. The van der Waals surface area contributed by atoms with E-state index in [0.29, 0.717) is 88.2 Å². The summed E-state index contributed by atoms with van der Waals surface area (Å²) in [5.74, 6) is 2.41. The van der Waals surface area contributed by atoms with E-state index in [1.807, 2.05) is 73.2 Å². The van der Waals surface area contributed by atoms with Gasteiger partial charge in [0.15, 0.2) is 0 Å². The van der Waals surface area contributed by atoms with Gasteiger partial charge in [-0.15, -0.1) is 0 Å². The van der Waals surface area contributed by atoms with Crippen LogP contribution in [0.1, 0.15) is 52.6 Å². The maximum absolute atomic E-state index is 14.0. The average molecular weight is 896 g/mol. The number of aromatic nitrogens is 12. The molecule has 0 atom stereocenters. The van der Waals surface area contributed by atoms with Gasteiger partial charge in [-0.3, -0.25) is 34.5 Å². The Labute approximate surface area is 380 Å². The highest BCUT2D eigenvalue weighted by Gasteiger charge is 2.24. The van der Waals surface area contributed by atoms with Gasteiger partial charge in [0.25, 0.3) is 11.8 Å². The van der Waals surface area contributed by atoms with E-state index >= 15 is 0 Å². The fourth-order valence-corrected chi connectivity index (χ4v) is 8.32. The molecular formula is C46H53N15O5. The summed E-state index contributed by atoms with van der Waals surface area (Å²) in [6.45, 7) is 13.8. The lowest BCUT2D eigenvalue weighted by atomic mass is 10.1. The normalized spacial score (nSPS) is 13.3. The topological polar surface area (TPSA) is 218 Å². The van der Waals surface area contributed by atoms with Gasteiger partial charge in [-0.1, -0.05) is 12.2 Å². The van der Waals surface area contributed by atoms with Gasteiger partial charge in [0.2, 0.25) is 11.9 Å². The minimum atomic E-state index is -0.348. The number of morpholine rings is 1. The highest BCUT2D eigenvalue weighted by molar-refractivity contribution is 6.04. The number of imidazole rings is 4. The molecule has 0 saturated carbocycles. The van der Waals surface area contributed by atoms with Crippen LogP contribution in [0.25, 0.3) is 44.8 Å². The molecule has 1 aliphatic heterocycles. The number of carbonyl (C=O) groups is 2. The molecule has 8 aromatic rings. The second-order valence-corrected chi connectivity index (χ2v) is 15.9. The fourth-order valence-electron chi connectivity index (χ4n) is 8.32. The monoisotopic (exact) mass is 895 g/mol. The molecule has 0 bridgehead atoms. The zero-order chi connectivity index (χ0) is 45.7. The smallest absolute Gasteiger partial charge is 0.276 e. The van der Waals surface area contributed by atoms with Crippen LogP contribution in [0.3, 0.4) is 0 Å². The third kappa shape index (κ3) is 9.04. The number of nitrogens with one attached hydrogen (secondary N) is 4. The summed E-state index contributed by atoms with van der Waals surface area (Å²) in [7, 11) is 1.60. The quantitative estimate of drug-likeness (QED) is 0.0569. The first-order valence-corrected chi connectivity index (χ1v) is 22.1. The maximum atomic E-state index is 14.0. The molecule has 0 aliphatic carbocycles. The summed E-state index contributed by atoms with van der Waals surface area (Å²) in [5.41, 5.74) is 6.45. The predicted octanol–water partition coefficient (Wildman–Crippen LogP) is 6.09. The summed E-state index contributed by atoms with van der Waals surface area (Å²) in [5, 5.41) is 15.1. The van der Waals surface area contributed by atoms with Gasteiger partial charge >= 0.3 is 0 Å². The largest absolute Gasteiger partial charge is 0.494 e. The lowest BCUT2D eigenvalue weighted by Gasteiger charge is -2.26. The van der Waals surface area contributed by atoms with Crippen LogP contribution in [0.15, 0.2) is 73.3 Å². The molecule has 342 valence electrons. The van der Waals surface area contributed by atoms with Crippen molar-refractivity contribution in [3.63, 3.8) is 0 Å². The van der Waals surface area contributed by atoms with E-state index in [0.717, 1.165) is 61.8 Å². The lowest BCUT2D eigenvalue weighted by molar-refractivity contribution is 0.0358. The summed E-state index contributed by atoms with van der Waals surface area (Å²) in [6, 6.07) is 11.2. The van der Waals surface area contributed by atoms with Gasteiger partial charge in [-0.2, -0.15) is 10.2 Å². The number of benzene rings is 2. The van der Waals surface area contributed by atoms with Gasteiger partial charge < -0.3 is 33.3 Å². The van der Waals surface area contributed by atoms with E-state index < -0.39 is 0 Å². The first kappa shape index (κ1) is 43.7. The number of fused-ring (bicyclic) bond motifs is 2. The van der Waals surface area contributed by atoms with Crippen LogP contribution in [0.2, 0.25) is 0 Å². The Morgan fingerprint density at radius 3 is 1.74 bits per heavy atom. The molecule has 4 N–H and O–H groups in total. The minimum Gasteiger partial charge on any atom is -0.494 e. The van der Waals surface area contributed by atoms with E-state index in [-0.39, 0.29) is 24.9 Å². The molecule has 20 heteroatoms. The minimum absolute atomic E-state index is 0.283. The predicted molar refractivity (Wildman–Crippen MR) is 249 cm³/mol. The molecular weight excluding hydrogens is 843 g/mol. The number of carbonyl (C=O) groups excluding carboxylic acids is 2. The Morgan fingerprint density at radius 1 is 0.742 bits per heavy atom. The molecule has 0 spiro atoms. The number of ether oxygens (including phenoxy) is 3. The zero-order valence-corrected chi connectivity index (χ0v) is 37.7. The van der Waals surface area contributed by atoms with Crippen molar-refractivity contribution < 1.29 is 23.8 Å². The van der Waals surface area contributed by atoms with Crippen LogP contribution in [0.4, 0.5) is 11.9 Å². The highest BCUT2D eigenvalue weighted by atomic mass is 16.5. The number of allylic oxidation sites excluding steroid dienone is 2. The Bertz CT molecular complexity index is 3000.